The highest BCUT2D eigenvalue weighted by Crippen LogP contribution is 2.43. The molecule has 8 heteroatoms. The van der Waals surface area contributed by atoms with Gasteiger partial charge in [0.2, 0.25) is 5.91 Å². The lowest BCUT2D eigenvalue weighted by Crippen LogP contribution is -2.52. The predicted molar refractivity (Wildman–Crippen MR) is 111 cm³/mol. The van der Waals surface area contributed by atoms with Crippen LogP contribution in [0.4, 0.5) is 13.2 Å². The molecule has 0 aromatic heterocycles. The zero-order chi connectivity index (χ0) is 22.1. The Kier molecular flexibility index (Phi) is 6.17. The number of halogens is 3. The third-order valence-electron chi connectivity index (χ3n) is 4.58. The summed E-state index contributed by atoms with van der Waals surface area (Å²) in [6.07, 6.45) is -4.43. The van der Waals surface area contributed by atoms with E-state index in [2.05, 4.69) is 5.32 Å². The van der Waals surface area contributed by atoms with E-state index in [4.69, 9.17) is 0 Å². The van der Waals surface area contributed by atoms with E-state index in [1.807, 2.05) is 20.8 Å². The largest absolute Gasteiger partial charge is 0.416 e. The highest BCUT2D eigenvalue weighted by Gasteiger charge is 2.43. The van der Waals surface area contributed by atoms with Crippen LogP contribution in [-0.4, -0.2) is 34.0 Å². The number of carbonyl (C=O) groups is 2. The molecule has 2 aromatic carbocycles. The number of rotatable bonds is 3. The van der Waals surface area contributed by atoms with E-state index in [0.29, 0.717) is 16.9 Å². The predicted octanol–water partition coefficient (Wildman–Crippen LogP) is 4.88. The minimum Gasteiger partial charge on any atom is -0.350 e. The maximum atomic E-state index is 13.3. The smallest absolute Gasteiger partial charge is 0.350 e. The van der Waals surface area contributed by atoms with Gasteiger partial charge in [-0.15, -0.1) is 11.8 Å². The summed E-state index contributed by atoms with van der Waals surface area (Å²) in [5.41, 5.74) is -0.263. The molecule has 1 aliphatic heterocycles. The molecule has 4 nitrogen and oxygen atoms in total. The average molecular weight is 436 g/mol. The zero-order valence-corrected chi connectivity index (χ0v) is 17.7. The maximum Gasteiger partial charge on any atom is 0.416 e. The van der Waals surface area contributed by atoms with Gasteiger partial charge < -0.3 is 10.2 Å². The second kappa shape index (κ2) is 8.34. The van der Waals surface area contributed by atoms with Crippen LogP contribution in [0.2, 0.25) is 0 Å². The van der Waals surface area contributed by atoms with Crippen molar-refractivity contribution in [1.29, 1.82) is 0 Å². The second-order valence-corrected chi connectivity index (χ2v) is 9.25. The molecule has 160 valence electrons. The van der Waals surface area contributed by atoms with Crippen LogP contribution in [-0.2, 0) is 11.0 Å². The molecule has 1 fully saturated rings. The van der Waals surface area contributed by atoms with Crippen molar-refractivity contribution < 1.29 is 22.8 Å². The number of nitrogens with zero attached hydrogens (tertiary/aromatic N) is 1. The molecule has 0 saturated carbocycles. The van der Waals surface area contributed by atoms with Gasteiger partial charge in [-0.1, -0.05) is 30.3 Å². The highest BCUT2D eigenvalue weighted by molar-refractivity contribution is 7.99. The molecular formula is C22H23F3N2O2S. The number of thioether (sulfide) groups is 1. The minimum absolute atomic E-state index is 0.284. The zero-order valence-electron chi connectivity index (χ0n) is 16.9. The molecule has 0 spiro atoms. The molecule has 0 aliphatic carbocycles. The Labute approximate surface area is 177 Å². The van der Waals surface area contributed by atoms with Crippen LogP contribution in [0.15, 0.2) is 54.6 Å². The summed E-state index contributed by atoms with van der Waals surface area (Å²) >= 11 is 1.37. The molecular weight excluding hydrogens is 413 g/mol. The monoisotopic (exact) mass is 436 g/mol. The first-order valence-electron chi connectivity index (χ1n) is 9.46. The third kappa shape index (κ3) is 4.98. The molecule has 1 heterocycles. The van der Waals surface area contributed by atoms with Crippen molar-refractivity contribution >= 4 is 23.6 Å². The first kappa shape index (κ1) is 22.2. The van der Waals surface area contributed by atoms with E-state index < -0.39 is 28.7 Å². The summed E-state index contributed by atoms with van der Waals surface area (Å²) in [5, 5.41) is 2.34. The van der Waals surface area contributed by atoms with E-state index in [-0.39, 0.29) is 11.8 Å². The van der Waals surface area contributed by atoms with Crippen molar-refractivity contribution in [2.45, 2.75) is 43.9 Å². The van der Waals surface area contributed by atoms with Crippen LogP contribution >= 0.6 is 11.8 Å². The van der Waals surface area contributed by atoms with Gasteiger partial charge in [0, 0.05) is 16.9 Å². The van der Waals surface area contributed by atoms with Crippen LogP contribution in [0.25, 0.3) is 0 Å². The Bertz CT molecular complexity index is 909. The fraction of sp³-hybridized carbons (Fsp3) is 0.364. The summed E-state index contributed by atoms with van der Waals surface area (Å²) < 4.78 is 38.8. The molecule has 1 saturated heterocycles. The number of amides is 2. The summed E-state index contributed by atoms with van der Waals surface area (Å²) in [6.45, 7) is 5.55. The fourth-order valence-electron chi connectivity index (χ4n) is 3.23. The summed E-state index contributed by atoms with van der Waals surface area (Å²) in [7, 11) is 0. The first-order chi connectivity index (χ1) is 14.0. The highest BCUT2D eigenvalue weighted by atomic mass is 32.2. The third-order valence-corrected chi connectivity index (χ3v) is 5.90. The van der Waals surface area contributed by atoms with Gasteiger partial charge in [-0.3, -0.25) is 9.59 Å². The standard InChI is InChI=1S/C22H23F3N2O2S/c1-21(2,3)26-18(28)17-13-30-20(15-9-11-16(12-10-15)22(23,24)25)27(17)19(29)14-7-5-4-6-8-14/h4-12,17,20H,13H2,1-3H3,(H,26,28). The lowest BCUT2D eigenvalue weighted by atomic mass is 10.1. The van der Waals surface area contributed by atoms with Gasteiger partial charge in [0.25, 0.3) is 5.91 Å². The van der Waals surface area contributed by atoms with Crippen molar-refractivity contribution in [3.05, 3.63) is 71.3 Å². The summed E-state index contributed by atoms with van der Waals surface area (Å²) in [5.74, 6) is -0.264. The van der Waals surface area contributed by atoms with Crippen LogP contribution in [0, 0.1) is 0 Å². The molecule has 30 heavy (non-hydrogen) atoms. The van der Waals surface area contributed by atoms with E-state index in [1.165, 1.54) is 28.8 Å². The van der Waals surface area contributed by atoms with E-state index in [9.17, 15) is 22.8 Å². The minimum atomic E-state index is -4.43. The van der Waals surface area contributed by atoms with Crippen LogP contribution in [0.5, 0.6) is 0 Å². The van der Waals surface area contributed by atoms with E-state index in [1.54, 1.807) is 30.3 Å². The van der Waals surface area contributed by atoms with Crippen molar-refractivity contribution in [2.24, 2.45) is 0 Å². The lowest BCUT2D eigenvalue weighted by molar-refractivity contribution is -0.137. The quantitative estimate of drug-likeness (QED) is 0.746. The maximum absolute atomic E-state index is 13.3. The van der Waals surface area contributed by atoms with Gasteiger partial charge in [-0.05, 0) is 50.6 Å². The van der Waals surface area contributed by atoms with Crippen LogP contribution in [0.1, 0.15) is 47.6 Å². The average Bonchev–Trinajstić information content (AvgIpc) is 3.11. The second-order valence-electron chi connectivity index (χ2n) is 8.14. The number of benzene rings is 2. The Morgan fingerprint density at radius 3 is 2.13 bits per heavy atom. The Balaban J connectivity index is 1.95. The fourth-order valence-corrected chi connectivity index (χ4v) is 4.66. The van der Waals surface area contributed by atoms with Gasteiger partial charge in [0.05, 0.1) is 5.56 Å². The number of hydrogen-bond acceptors (Lipinski definition) is 3. The van der Waals surface area contributed by atoms with Crippen molar-refractivity contribution in [3.63, 3.8) is 0 Å². The molecule has 2 atom stereocenters. The summed E-state index contributed by atoms with van der Waals surface area (Å²) in [6, 6.07) is 12.6. The molecule has 0 bridgehead atoms. The molecule has 1 N–H and O–H groups in total. The molecule has 2 unspecified atom stereocenters. The molecule has 1 aliphatic rings. The van der Waals surface area contributed by atoms with Crippen molar-refractivity contribution in [2.75, 3.05) is 5.75 Å². The lowest BCUT2D eigenvalue weighted by Gasteiger charge is -2.31. The van der Waals surface area contributed by atoms with E-state index >= 15 is 0 Å². The Morgan fingerprint density at radius 2 is 1.60 bits per heavy atom. The normalized spacial score (nSPS) is 19.6. The first-order valence-corrected chi connectivity index (χ1v) is 10.5. The number of nitrogens with one attached hydrogen (secondary N) is 1. The topological polar surface area (TPSA) is 49.4 Å². The molecule has 2 amide bonds. The van der Waals surface area contributed by atoms with Gasteiger partial charge >= 0.3 is 6.18 Å². The Hall–Kier alpha value is -2.48. The molecule has 3 rings (SSSR count). The van der Waals surface area contributed by atoms with Crippen molar-refractivity contribution in [3.8, 4) is 0 Å². The van der Waals surface area contributed by atoms with E-state index in [0.717, 1.165) is 12.1 Å². The van der Waals surface area contributed by atoms with Crippen molar-refractivity contribution in [1.82, 2.24) is 10.2 Å². The SMILES string of the molecule is CC(C)(C)NC(=O)C1CSC(c2ccc(C(F)(F)F)cc2)N1C(=O)c1ccccc1. The van der Waals surface area contributed by atoms with Crippen LogP contribution in [0.3, 0.4) is 0 Å². The van der Waals surface area contributed by atoms with Gasteiger partial charge in [-0.25, -0.2) is 0 Å². The van der Waals surface area contributed by atoms with Gasteiger partial charge in [-0.2, -0.15) is 13.2 Å². The molecule has 0 radical (unpaired) electrons. The number of carbonyl (C=O) groups excluding carboxylic acids is 2. The number of alkyl halides is 3. The van der Waals surface area contributed by atoms with Gasteiger partial charge in [0.15, 0.2) is 0 Å². The number of hydrogen-bond donors (Lipinski definition) is 1. The Morgan fingerprint density at radius 1 is 1.00 bits per heavy atom. The summed E-state index contributed by atoms with van der Waals surface area (Å²) in [4.78, 5) is 27.7. The van der Waals surface area contributed by atoms with Gasteiger partial charge in [0.1, 0.15) is 11.4 Å². The molecule has 2 aromatic rings. The van der Waals surface area contributed by atoms with Crippen LogP contribution < -0.4 is 5.32 Å².